The molecular formula is C14H18N2O4. The Kier molecular flexibility index (Phi) is 4.81. The number of nitrogen functional groups attached to an aromatic ring is 1. The number of rotatable bonds is 5. The number of hydrogen-bond acceptors (Lipinski definition) is 5. The van der Waals surface area contributed by atoms with Gasteiger partial charge in [0.15, 0.2) is 13.2 Å². The maximum atomic E-state index is 11.7. The summed E-state index contributed by atoms with van der Waals surface area (Å²) < 4.78 is 10.1. The van der Waals surface area contributed by atoms with E-state index in [1.54, 1.807) is 29.2 Å². The molecule has 0 bridgehead atoms. The van der Waals surface area contributed by atoms with Crippen LogP contribution in [-0.4, -0.2) is 43.1 Å². The molecule has 1 saturated heterocycles. The van der Waals surface area contributed by atoms with Crippen molar-refractivity contribution < 1.29 is 19.1 Å². The molecule has 0 saturated carbocycles. The van der Waals surface area contributed by atoms with Crippen molar-refractivity contribution in [3.8, 4) is 5.75 Å². The molecule has 0 spiro atoms. The Morgan fingerprint density at radius 3 is 2.55 bits per heavy atom. The first-order valence-corrected chi connectivity index (χ1v) is 6.57. The first-order valence-electron chi connectivity index (χ1n) is 6.57. The summed E-state index contributed by atoms with van der Waals surface area (Å²) >= 11 is 0. The highest BCUT2D eigenvalue weighted by Crippen LogP contribution is 2.19. The normalized spacial score (nSPS) is 14.1. The summed E-state index contributed by atoms with van der Waals surface area (Å²) in [6.07, 6.45) is 2.02. The molecular weight excluding hydrogens is 260 g/mol. The molecule has 1 heterocycles. The summed E-state index contributed by atoms with van der Waals surface area (Å²) in [4.78, 5) is 24.9. The van der Waals surface area contributed by atoms with E-state index in [9.17, 15) is 9.59 Å². The summed E-state index contributed by atoms with van der Waals surface area (Å²) in [5, 5.41) is 0. The molecule has 2 rings (SSSR count). The lowest BCUT2D eigenvalue weighted by atomic mass is 10.3. The van der Waals surface area contributed by atoms with Crippen LogP contribution in [0.3, 0.4) is 0 Å². The largest absolute Gasteiger partial charge is 0.480 e. The van der Waals surface area contributed by atoms with Crippen molar-refractivity contribution in [1.82, 2.24) is 4.90 Å². The van der Waals surface area contributed by atoms with Crippen LogP contribution in [-0.2, 0) is 14.3 Å². The molecule has 0 radical (unpaired) electrons. The number of amides is 1. The highest BCUT2D eigenvalue weighted by Gasteiger charge is 2.19. The van der Waals surface area contributed by atoms with Crippen LogP contribution in [0.25, 0.3) is 0 Å². The SMILES string of the molecule is Nc1ccccc1OCC(=O)OCC(=O)N1CCCC1. The van der Waals surface area contributed by atoms with E-state index in [0.717, 1.165) is 25.9 Å². The molecule has 108 valence electrons. The molecule has 6 heteroatoms. The van der Waals surface area contributed by atoms with E-state index in [0.29, 0.717) is 11.4 Å². The van der Waals surface area contributed by atoms with E-state index in [1.165, 1.54) is 0 Å². The maximum Gasteiger partial charge on any atom is 0.344 e. The average Bonchev–Trinajstić information content (AvgIpc) is 2.98. The smallest absolute Gasteiger partial charge is 0.344 e. The number of hydrogen-bond donors (Lipinski definition) is 1. The predicted octanol–water partition coefficient (Wildman–Crippen LogP) is 0.813. The van der Waals surface area contributed by atoms with Gasteiger partial charge >= 0.3 is 5.97 Å². The molecule has 0 aliphatic carbocycles. The van der Waals surface area contributed by atoms with Gasteiger partial charge in [0.2, 0.25) is 0 Å². The van der Waals surface area contributed by atoms with Crippen LogP contribution in [0, 0.1) is 0 Å². The van der Waals surface area contributed by atoms with Crippen molar-refractivity contribution in [3.05, 3.63) is 24.3 Å². The molecule has 1 aromatic carbocycles. The third-order valence-electron chi connectivity index (χ3n) is 3.08. The zero-order valence-corrected chi connectivity index (χ0v) is 11.2. The number of benzene rings is 1. The molecule has 1 aliphatic rings. The Labute approximate surface area is 117 Å². The number of para-hydroxylation sites is 2. The van der Waals surface area contributed by atoms with Crippen LogP contribution in [0.2, 0.25) is 0 Å². The lowest BCUT2D eigenvalue weighted by Crippen LogP contribution is -2.32. The molecule has 6 nitrogen and oxygen atoms in total. The quantitative estimate of drug-likeness (QED) is 0.637. The summed E-state index contributed by atoms with van der Waals surface area (Å²) in [6, 6.07) is 6.87. The Morgan fingerprint density at radius 2 is 1.85 bits per heavy atom. The lowest BCUT2D eigenvalue weighted by molar-refractivity contribution is -0.153. The second-order valence-electron chi connectivity index (χ2n) is 4.58. The first-order chi connectivity index (χ1) is 9.66. The highest BCUT2D eigenvalue weighted by molar-refractivity contribution is 5.81. The molecule has 1 fully saturated rings. The fourth-order valence-corrected chi connectivity index (χ4v) is 1.99. The van der Waals surface area contributed by atoms with Gasteiger partial charge in [0.25, 0.3) is 5.91 Å². The fourth-order valence-electron chi connectivity index (χ4n) is 1.99. The van der Waals surface area contributed by atoms with Gasteiger partial charge in [0.05, 0.1) is 5.69 Å². The number of carbonyl (C=O) groups is 2. The summed E-state index contributed by atoms with van der Waals surface area (Å²) in [5.74, 6) is -0.314. The zero-order valence-electron chi connectivity index (χ0n) is 11.2. The highest BCUT2D eigenvalue weighted by atomic mass is 16.6. The van der Waals surface area contributed by atoms with Gasteiger partial charge in [-0.25, -0.2) is 4.79 Å². The monoisotopic (exact) mass is 278 g/mol. The number of nitrogens with two attached hydrogens (primary N) is 1. The molecule has 20 heavy (non-hydrogen) atoms. The molecule has 0 atom stereocenters. The minimum absolute atomic E-state index is 0.157. The van der Waals surface area contributed by atoms with Crippen molar-refractivity contribution in [3.63, 3.8) is 0 Å². The average molecular weight is 278 g/mol. The standard InChI is InChI=1S/C14H18N2O4/c15-11-5-1-2-6-12(11)19-10-14(18)20-9-13(17)16-7-3-4-8-16/h1-2,5-6H,3-4,7-10,15H2. The molecule has 2 N–H and O–H groups in total. The van der Waals surface area contributed by atoms with Crippen molar-refractivity contribution in [2.75, 3.05) is 32.0 Å². The van der Waals surface area contributed by atoms with Crippen LogP contribution in [0.1, 0.15) is 12.8 Å². The second kappa shape index (κ2) is 6.79. The topological polar surface area (TPSA) is 81.9 Å². The molecule has 1 amide bonds. The minimum atomic E-state index is -0.583. The number of esters is 1. The van der Waals surface area contributed by atoms with E-state index in [4.69, 9.17) is 15.2 Å². The Balaban J connectivity index is 1.70. The van der Waals surface area contributed by atoms with E-state index in [1.807, 2.05) is 0 Å². The predicted molar refractivity (Wildman–Crippen MR) is 73.1 cm³/mol. The van der Waals surface area contributed by atoms with Gasteiger partial charge in [-0.05, 0) is 25.0 Å². The van der Waals surface area contributed by atoms with Gasteiger partial charge in [-0.2, -0.15) is 0 Å². The fraction of sp³-hybridized carbons (Fsp3) is 0.429. The lowest BCUT2D eigenvalue weighted by Gasteiger charge is -2.15. The van der Waals surface area contributed by atoms with Crippen LogP contribution in [0.15, 0.2) is 24.3 Å². The summed E-state index contributed by atoms with van der Waals surface area (Å²) in [5.41, 5.74) is 6.13. The Hall–Kier alpha value is -2.24. The summed E-state index contributed by atoms with van der Waals surface area (Å²) in [6.45, 7) is 0.995. The number of nitrogens with zero attached hydrogens (tertiary/aromatic N) is 1. The van der Waals surface area contributed by atoms with Crippen molar-refractivity contribution in [1.29, 1.82) is 0 Å². The number of ether oxygens (including phenoxy) is 2. The van der Waals surface area contributed by atoms with Gasteiger partial charge in [0, 0.05) is 13.1 Å². The zero-order chi connectivity index (χ0) is 14.4. The van der Waals surface area contributed by atoms with Gasteiger partial charge < -0.3 is 20.1 Å². The molecule has 1 aliphatic heterocycles. The number of likely N-dealkylation sites (tertiary alicyclic amines) is 1. The number of carbonyl (C=O) groups excluding carboxylic acids is 2. The van der Waals surface area contributed by atoms with Crippen molar-refractivity contribution >= 4 is 17.6 Å². The third-order valence-corrected chi connectivity index (χ3v) is 3.08. The van der Waals surface area contributed by atoms with Crippen LogP contribution >= 0.6 is 0 Å². The van der Waals surface area contributed by atoms with Gasteiger partial charge in [0.1, 0.15) is 5.75 Å². The maximum absolute atomic E-state index is 11.7. The third kappa shape index (κ3) is 3.88. The van der Waals surface area contributed by atoms with E-state index in [-0.39, 0.29) is 19.1 Å². The van der Waals surface area contributed by atoms with E-state index >= 15 is 0 Å². The molecule has 1 aromatic rings. The minimum Gasteiger partial charge on any atom is -0.480 e. The second-order valence-corrected chi connectivity index (χ2v) is 4.58. The van der Waals surface area contributed by atoms with Crippen LogP contribution < -0.4 is 10.5 Å². The molecule has 0 aromatic heterocycles. The Morgan fingerprint density at radius 1 is 1.15 bits per heavy atom. The number of anilines is 1. The van der Waals surface area contributed by atoms with Crippen LogP contribution in [0.4, 0.5) is 5.69 Å². The van der Waals surface area contributed by atoms with Gasteiger partial charge in [-0.3, -0.25) is 4.79 Å². The molecule has 0 unspecified atom stereocenters. The van der Waals surface area contributed by atoms with Crippen molar-refractivity contribution in [2.45, 2.75) is 12.8 Å². The Bertz CT molecular complexity index is 484. The van der Waals surface area contributed by atoms with Gasteiger partial charge in [-0.1, -0.05) is 12.1 Å². The van der Waals surface area contributed by atoms with Gasteiger partial charge in [-0.15, -0.1) is 0 Å². The van der Waals surface area contributed by atoms with Crippen molar-refractivity contribution in [2.24, 2.45) is 0 Å². The first kappa shape index (κ1) is 14.2. The van der Waals surface area contributed by atoms with E-state index in [2.05, 4.69) is 0 Å². The van der Waals surface area contributed by atoms with Crippen LogP contribution in [0.5, 0.6) is 5.75 Å². The van der Waals surface area contributed by atoms with E-state index < -0.39 is 5.97 Å². The summed E-state index contributed by atoms with van der Waals surface area (Å²) in [7, 11) is 0.